The van der Waals surface area contributed by atoms with E-state index in [1.54, 1.807) is 42.5 Å². The molecule has 1 saturated heterocycles. The molecule has 0 saturated carbocycles. The van der Waals surface area contributed by atoms with Crippen LogP contribution in [-0.4, -0.2) is 20.6 Å². The molecule has 0 atom stereocenters. The van der Waals surface area contributed by atoms with Gasteiger partial charge in [-0.3, -0.25) is 14.5 Å². The van der Waals surface area contributed by atoms with Crippen LogP contribution in [0.2, 0.25) is 0 Å². The summed E-state index contributed by atoms with van der Waals surface area (Å²) in [5.74, 6) is -1.19. The SMILES string of the molecule is CCc1cccc2c(/C=C3\SC(=O)N(Cc4ccccc4F)C3=O)cn(Cc3ccccc3F)c12. The fourth-order valence-electron chi connectivity index (χ4n) is 4.38. The first-order valence-electron chi connectivity index (χ1n) is 11.3. The Morgan fingerprint density at radius 1 is 0.829 bits per heavy atom. The third kappa shape index (κ3) is 4.39. The van der Waals surface area contributed by atoms with E-state index in [0.29, 0.717) is 12.1 Å². The van der Waals surface area contributed by atoms with Crippen molar-refractivity contribution in [2.75, 3.05) is 0 Å². The Morgan fingerprint density at radius 2 is 1.46 bits per heavy atom. The van der Waals surface area contributed by atoms with Gasteiger partial charge in [-0.25, -0.2) is 8.78 Å². The van der Waals surface area contributed by atoms with Gasteiger partial charge in [0.2, 0.25) is 0 Å². The number of para-hydroxylation sites is 1. The van der Waals surface area contributed by atoms with Crippen molar-refractivity contribution in [3.63, 3.8) is 0 Å². The van der Waals surface area contributed by atoms with Crippen molar-refractivity contribution in [1.82, 2.24) is 9.47 Å². The van der Waals surface area contributed by atoms with Crippen molar-refractivity contribution in [2.24, 2.45) is 0 Å². The fraction of sp³-hybridized carbons (Fsp3) is 0.143. The number of hydrogen-bond donors (Lipinski definition) is 0. The molecule has 4 aromatic rings. The number of imide groups is 1. The van der Waals surface area contributed by atoms with Crippen LogP contribution in [0.25, 0.3) is 17.0 Å². The molecule has 0 aliphatic carbocycles. The molecule has 2 amide bonds. The molecule has 5 rings (SSSR count). The Kier molecular flexibility index (Phi) is 6.26. The number of aryl methyl sites for hydroxylation is 1. The monoisotopic (exact) mass is 488 g/mol. The Labute approximate surface area is 205 Å². The van der Waals surface area contributed by atoms with E-state index in [1.807, 2.05) is 29.0 Å². The zero-order valence-corrected chi connectivity index (χ0v) is 19.8. The lowest BCUT2D eigenvalue weighted by Crippen LogP contribution is -2.27. The predicted octanol–water partition coefficient (Wildman–Crippen LogP) is 6.77. The van der Waals surface area contributed by atoms with Crippen LogP contribution < -0.4 is 0 Å². The molecule has 1 aliphatic rings. The lowest BCUT2D eigenvalue weighted by atomic mass is 10.1. The zero-order valence-electron chi connectivity index (χ0n) is 19.0. The molecule has 176 valence electrons. The fourth-order valence-corrected chi connectivity index (χ4v) is 5.20. The zero-order chi connectivity index (χ0) is 24.5. The number of halogens is 2. The van der Waals surface area contributed by atoms with E-state index in [2.05, 4.69) is 6.92 Å². The minimum atomic E-state index is -0.459. The van der Waals surface area contributed by atoms with E-state index in [1.165, 1.54) is 12.1 Å². The molecule has 1 aromatic heterocycles. The lowest BCUT2D eigenvalue weighted by molar-refractivity contribution is -0.123. The number of thioether (sulfide) groups is 1. The molecular weight excluding hydrogens is 466 g/mol. The first-order chi connectivity index (χ1) is 17.0. The van der Waals surface area contributed by atoms with Crippen LogP contribution in [0.1, 0.15) is 29.2 Å². The van der Waals surface area contributed by atoms with Crippen LogP contribution in [0, 0.1) is 11.6 Å². The summed E-state index contributed by atoms with van der Waals surface area (Å²) in [6, 6.07) is 18.7. The second-order valence-electron chi connectivity index (χ2n) is 8.33. The summed E-state index contributed by atoms with van der Waals surface area (Å²) in [4.78, 5) is 27.0. The highest BCUT2D eigenvalue weighted by atomic mass is 32.2. The average molecular weight is 489 g/mol. The number of aromatic nitrogens is 1. The molecular formula is C28H22F2N2O2S. The van der Waals surface area contributed by atoms with Crippen LogP contribution >= 0.6 is 11.8 Å². The number of fused-ring (bicyclic) bond motifs is 1. The Bertz CT molecular complexity index is 1490. The molecule has 1 fully saturated rings. The molecule has 4 nitrogen and oxygen atoms in total. The minimum Gasteiger partial charge on any atom is -0.342 e. The van der Waals surface area contributed by atoms with Gasteiger partial charge in [-0.2, -0.15) is 0 Å². The van der Waals surface area contributed by atoms with Crippen molar-refractivity contribution in [1.29, 1.82) is 0 Å². The molecule has 0 radical (unpaired) electrons. The van der Waals surface area contributed by atoms with Crippen molar-refractivity contribution in [3.05, 3.63) is 112 Å². The predicted molar refractivity (Wildman–Crippen MR) is 135 cm³/mol. The smallest absolute Gasteiger partial charge is 0.293 e. The van der Waals surface area contributed by atoms with Gasteiger partial charge in [0, 0.05) is 28.3 Å². The maximum absolute atomic E-state index is 14.4. The minimum absolute atomic E-state index is 0.121. The van der Waals surface area contributed by atoms with Gasteiger partial charge in [-0.15, -0.1) is 0 Å². The quantitative estimate of drug-likeness (QED) is 0.282. The van der Waals surface area contributed by atoms with E-state index < -0.39 is 17.0 Å². The highest BCUT2D eigenvalue weighted by Crippen LogP contribution is 2.36. The highest BCUT2D eigenvalue weighted by Gasteiger charge is 2.35. The number of benzene rings is 3. The maximum atomic E-state index is 14.4. The van der Waals surface area contributed by atoms with Gasteiger partial charge in [0.15, 0.2) is 0 Å². The summed E-state index contributed by atoms with van der Waals surface area (Å²) in [6.45, 7) is 2.27. The number of carbonyl (C=O) groups excluding carboxylic acids is 2. The first-order valence-corrected chi connectivity index (χ1v) is 12.1. The van der Waals surface area contributed by atoms with Crippen LogP contribution in [0.5, 0.6) is 0 Å². The molecule has 35 heavy (non-hydrogen) atoms. The molecule has 3 aromatic carbocycles. The van der Waals surface area contributed by atoms with Crippen molar-refractivity contribution in [2.45, 2.75) is 26.4 Å². The van der Waals surface area contributed by atoms with E-state index >= 15 is 0 Å². The molecule has 0 spiro atoms. The third-order valence-corrected chi connectivity index (χ3v) is 7.05. The van der Waals surface area contributed by atoms with Crippen LogP contribution in [0.4, 0.5) is 13.6 Å². The number of nitrogens with zero attached hydrogens (tertiary/aromatic N) is 2. The van der Waals surface area contributed by atoms with Crippen molar-refractivity contribution in [3.8, 4) is 0 Å². The van der Waals surface area contributed by atoms with Gasteiger partial charge in [0.25, 0.3) is 11.1 Å². The number of amides is 2. The molecule has 0 unspecified atom stereocenters. The average Bonchev–Trinajstić information content (AvgIpc) is 3.33. The van der Waals surface area contributed by atoms with Gasteiger partial charge in [0.05, 0.1) is 23.5 Å². The topological polar surface area (TPSA) is 42.3 Å². The van der Waals surface area contributed by atoms with Gasteiger partial charge < -0.3 is 4.57 Å². The van der Waals surface area contributed by atoms with Gasteiger partial charge in [-0.1, -0.05) is 61.5 Å². The summed E-state index contributed by atoms with van der Waals surface area (Å²) < 4.78 is 30.5. The summed E-state index contributed by atoms with van der Waals surface area (Å²) in [6.07, 6.45) is 4.38. The number of rotatable bonds is 6. The van der Waals surface area contributed by atoms with Gasteiger partial charge in [-0.05, 0) is 42.0 Å². The van der Waals surface area contributed by atoms with Gasteiger partial charge >= 0.3 is 0 Å². The van der Waals surface area contributed by atoms with E-state index in [4.69, 9.17) is 0 Å². The van der Waals surface area contributed by atoms with E-state index in [0.717, 1.165) is 45.1 Å². The Balaban J connectivity index is 1.53. The van der Waals surface area contributed by atoms with Gasteiger partial charge in [0.1, 0.15) is 11.6 Å². The van der Waals surface area contributed by atoms with E-state index in [-0.39, 0.29) is 22.8 Å². The molecule has 1 aliphatic heterocycles. The Hall–Kier alpha value is -3.71. The highest BCUT2D eigenvalue weighted by molar-refractivity contribution is 8.18. The first kappa shape index (κ1) is 23.1. The number of hydrogen-bond acceptors (Lipinski definition) is 3. The van der Waals surface area contributed by atoms with E-state index in [9.17, 15) is 18.4 Å². The standard InChI is InChI=1S/C28H22F2N2O2S/c1-2-18-10-7-11-22-21(16-31(26(18)22)15-19-8-3-5-12-23(19)29)14-25-27(33)32(28(34)35-25)17-20-9-4-6-13-24(20)30/h3-14,16H,2,15,17H2,1H3/b25-14-. The largest absolute Gasteiger partial charge is 0.342 e. The number of carbonyl (C=O) groups is 2. The van der Waals surface area contributed by atoms with Crippen molar-refractivity contribution < 1.29 is 18.4 Å². The normalized spacial score (nSPS) is 15.1. The second-order valence-corrected chi connectivity index (χ2v) is 9.32. The van der Waals surface area contributed by atoms with Crippen molar-refractivity contribution >= 4 is 39.9 Å². The summed E-state index contributed by atoms with van der Waals surface area (Å²) in [7, 11) is 0. The van der Waals surface area contributed by atoms with Crippen LogP contribution in [-0.2, 0) is 24.3 Å². The summed E-state index contributed by atoms with van der Waals surface area (Å²) >= 11 is 0.843. The molecule has 7 heteroatoms. The second kappa shape index (κ2) is 9.50. The molecule has 0 bridgehead atoms. The Morgan fingerprint density at radius 3 is 2.11 bits per heavy atom. The third-order valence-electron chi connectivity index (χ3n) is 6.14. The maximum Gasteiger partial charge on any atom is 0.293 e. The summed E-state index contributed by atoms with van der Waals surface area (Å²) in [5, 5.41) is 0.482. The lowest BCUT2D eigenvalue weighted by Gasteiger charge is -2.12. The summed E-state index contributed by atoms with van der Waals surface area (Å²) in [5.41, 5.74) is 3.68. The molecule has 0 N–H and O–H groups in total. The molecule has 2 heterocycles. The van der Waals surface area contributed by atoms with Crippen LogP contribution in [0.15, 0.2) is 77.8 Å². The van der Waals surface area contributed by atoms with Crippen LogP contribution in [0.3, 0.4) is 0 Å².